The lowest BCUT2D eigenvalue weighted by molar-refractivity contribution is 0.100. The van der Waals surface area contributed by atoms with Gasteiger partial charge in [0.1, 0.15) is 0 Å². The molecule has 1 aromatic rings. The highest BCUT2D eigenvalue weighted by Crippen LogP contribution is 2.39. The quantitative estimate of drug-likeness (QED) is 0.851. The van der Waals surface area contributed by atoms with E-state index >= 15 is 0 Å². The highest BCUT2D eigenvalue weighted by molar-refractivity contribution is 7.88. The Labute approximate surface area is 134 Å². The lowest BCUT2D eigenvalue weighted by Gasteiger charge is -2.40. The van der Waals surface area contributed by atoms with E-state index in [4.69, 9.17) is 0 Å². The molecule has 0 aromatic heterocycles. The second-order valence-electron chi connectivity index (χ2n) is 6.96. The van der Waals surface area contributed by atoms with Gasteiger partial charge in [-0.15, -0.1) is 0 Å². The average Bonchev–Trinajstić information content (AvgIpc) is 2.90. The van der Waals surface area contributed by atoms with E-state index in [9.17, 15) is 8.42 Å². The number of hydrogen-bond donors (Lipinski definition) is 0. The zero-order valence-electron chi connectivity index (χ0n) is 13.4. The second kappa shape index (κ2) is 6.30. The third kappa shape index (κ3) is 3.70. The van der Waals surface area contributed by atoms with Gasteiger partial charge in [-0.05, 0) is 43.2 Å². The summed E-state index contributed by atoms with van der Waals surface area (Å²) in [5.41, 5.74) is 1.57. The van der Waals surface area contributed by atoms with Crippen molar-refractivity contribution in [2.75, 3.05) is 39.0 Å². The molecule has 3 rings (SSSR count). The maximum Gasteiger partial charge on any atom is 0.211 e. The van der Waals surface area contributed by atoms with Crippen LogP contribution in [0.15, 0.2) is 30.3 Å². The van der Waals surface area contributed by atoms with Gasteiger partial charge in [0, 0.05) is 26.2 Å². The van der Waals surface area contributed by atoms with Crippen LogP contribution in [0.5, 0.6) is 0 Å². The van der Waals surface area contributed by atoms with Crippen LogP contribution >= 0.6 is 0 Å². The van der Waals surface area contributed by atoms with Crippen molar-refractivity contribution < 1.29 is 8.42 Å². The van der Waals surface area contributed by atoms with Crippen molar-refractivity contribution in [2.24, 2.45) is 5.41 Å². The van der Waals surface area contributed by atoms with Gasteiger partial charge >= 0.3 is 0 Å². The molecule has 0 aliphatic carbocycles. The normalized spacial score (nSPS) is 27.5. The molecular formula is C17H26N2O2S. The summed E-state index contributed by atoms with van der Waals surface area (Å²) < 4.78 is 25.2. The Morgan fingerprint density at radius 1 is 1.09 bits per heavy atom. The summed E-state index contributed by atoms with van der Waals surface area (Å²) in [4.78, 5) is 2.53. The van der Waals surface area contributed by atoms with Crippen LogP contribution in [-0.2, 0) is 16.4 Å². The fourth-order valence-electron chi connectivity index (χ4n) is 3.94. The van der Waals surface area contributed by atoms with E-state index in [1.54, 1.807) is 4.31 Å². The summed E-state index contributed by atoms with van der Waals surface area (Å²) in [6.45, 7) is 4.68. The second-order valence-corrected chi connectivity index (χ2v) is 8.94. The van der Waals surface area contributed by atoms with Gasteiger partial charge in [-0.2, -0.15) is 0 Å². The fourth-order valence-corrected chi connectivity index (χ4v) is 4.87. The standard InChI is InChI=1S/C17H26N2O2S/c1-22(20,21)19-13-10-17(15-19)9-5-11-18(14-17)12-8-16-6-3-2-4-7-16/h2-4,6-7H,5,8-15H2,1H3/t17-/m0/s1. The van der Waals surface area contributed by atoms with Crippen LogP contribution in [0.4, 0.5) is 0 Å². The van der Waals surface area contributed by atoms with Crippen molar-refractivity contribution >= 4 is 10.0 Å². The number of rotatable bonds is 4. The maximum absolute atomic E-state index is 11.8. The lowest BCUT2D eigenvalue weighted by atomic mass is 9.79. The first-order valence-corrected chi connectivity index (χ1v) is 10.0. The molecule has 0 amide bonds. The molecule has 0 bridgehead atoms. The molecule has 5 heteroatoms. The molecule has 1 aromatic carbocycles. The van der Waals surface area contributed by atoms with Gasteiger partial charge in [0.2, 0.25) is 10.0 Å². The minimum Gasteiger partial charge on any atom is -0.302 e. The molecule has 0 radical (unpaired) electrons. The van der Waals surface area contributed by atoms with Crippen LogP contribution < -0.4 is 0 Å². The van der Waals surface area contributed by atoms with E-state index in [0.717, 1.165) is 32.5 Å². The summed E-state index contributed by atoms with van der Waals surface area (Å²) in [6, 6.07) is 10.6. The minimum atomic E-state index is -3.04. The Morgan fingerprint density at radius 2 is 1.86 bits per heavy atom. The van der Waals surface area contributed by atoms with Crippen LogP contribution in [0.25, 0.3) is 0 Å². The zero-order valence-corrected chi connectivity index (χ0v) is 14.2. The van der Waals surface area contributed by atoms with Crippen molar-refractivity contribution in [1.82, 2.24) is 9.21 Å². The predicted octanol–water partition coefficient (Wildman–Crippen LogP) is 1.98. The molecule has 22 heavy (non-hydrogen) atoms. The molecule has 2 heterocycles. The third-order valence-corrected chi connectivity index (χ3v) is 6.42. The van der Waals surface area contributed by atoms with Gasteiger partial charge in [0.15, 0.2) is 0 Å². The first-order chi connectivity index (χ1) is 10.5. The SMILES string of the molecule is CS(=O)(=O)N1CC[C@]2(CCCN(CCc3ccccc3)C2)C1. The number of piperidine rings is 1. The van der Waals surface area contributed by atoms with Gasteiger partial charge in [0.25, 0.3) is 0 Å². The van der Waals surface area contributed by atoms with Crippen LogP contribution in [0.3, 0.4) is 0 Å². The van der Waals surface area contributed by atoms with Crippen LogP contribution in [0.2, 0.25) is 0 Å². The first kappa shape index (κ1) is 16.0. The van der Waals surface area contributed by atoms with E-state index in [-0.39, 0.29) is 5.41 Å². The molecule has 0 saturated carbocycles. The molecule has 122 valence electrons. The zero-order chi connectivity index (χ0) is 15.6. The fraction of sp³-hybridized carbons (Fsp3) is 0.647. The first-order valence-electron chi connectivity index (χ1n) is 8.18. The summed E-state index contributed by atoms with van der Waals surface area (Å²) in [6.07, 6.45) is 5.78. The Morgan fingerprint density at radius 3 is 2.55 bits per heavy atom. The summed E-state index contributed by atoms with van der Waals surface area (Å²) in [7, 11) is -3.04. The maximum atomic E-state index is 11.8. The van der Waals surface area contributed by atoms with Crippen molar-refractivity contribution in [1.29, 1.82) is 0 Å². The van der Waals surface area contributed by atoms with E-state index in [0.29, 0.717) is 13.1 Å². The molecule has 2 saturated heterocycles. The monoisotopic (exact) mass is 322 g/mol. The van der Waals surface area contributed by atoms with Gasteiger partial charge in [0.05, 0.1) is 6.26 Å². The molecule has 1 atom stereocenters. The van der Waals surface area contributed by atoms with Gasteiger partial charge in [-0.1, -0.05) is 30.3 Å². The Kier molecular flexibility index (Phi) is 4.57. The van der Waals surface area contributed by atoms with Crippen LogP contribution in [0, 0.1) is 5.41 Å². The largest absolute Gasteiger partial charge is 0.302 e. The molecule has 2 fully saturated rings. The van der Waals surface area contributed by atoms with E-state index in [1.807, 2.05) is 0 Å². The minimum absolute atomic E-state index is 0.192. The van der Waals surface area contributed by atoms with Gasteiger partial charge < -0.3 is 4.90 Å². The summed E-state index contributed by atoms with van der Waals surface area (Å²) >= 11 is 0. The Balaban J connectivity index is 1.58. The highest BCUT2D eigenvalue weighted by atomic mass is 32.2. The van der Waals surface area contributed by atoms with Crippen molar-refractivity contribution in [3.8, 4) is 0 Å². The topological polar surface area (TPSA) is 40.6 Å². The number of benzene rings is 1. The molecule has 1 spiro atoms. The summed E-state index contributed by atoms with van der Waals surface area (Å²) in [5.74, 6) is 0. The number of nitrogens with zero attached hydrogens (tertiary/aromatic N) is 2. The number of sulfonamides is 1. The van der Waals surface area contributed by atoms with E-state index in [1.165, 1.54) is 24.7 Å². The predicted molar refractivity (Wildman–Crippen MR) is 89.3 cm³/mol. The number of hydrogen-bond acceptors (Lipinski definition) is 3. The molecular weight excluding hydrogens is 296 g/mol. The molecule has 2 aliphatic rings. The van der Waals surface area contributed by atoms with Crippen molar-refractivity contribution in [3.63, 3.8) is 0 Å². The van der Waals surface area contributed by atoms with E-state index < -0.39 is 10.0 Å². The van der Waals surface area contributed by atoms with Gasteiger partial charge in [-0.3, -0.25) is 0 Å². The Bertz CT molecular complexity index is 602. The number of likely N-dealkylation sites (tertiary alicyclic amines) is 1. The molecule has 0 unspecified atom stereocenters. The van der Waals surface area contributed by atoms with Crippen molar-refractivity contribution in [2.45, 2.75) is 25.7 Å². The smallest absolute Gasteiger partial charge is 0.211 e. The van der Waals surface area contributed by atoms with E-state index in [2.05, 4.69) is 35.2 Å². The van der Waals surface area contributed by atoms with Crippen molar-refractivity contribution in [3.05, 3.63) is 35.9 Å². The third-order valence-electron chi connectivity index (χ3n) is 5.17. The molecule has 4 nitrogen and oxygen atoms in total. The highest BCUT2D eigenvalue weighted by Gasteiger charge is 2.43. The molecule has 2 aliphatic heterocycles. The van der Waals surface area contributed by atoms with Crippen LogP contribution in [0.1, 0.15) is 24.8 Å². The molecule has 0 N–H and O–H groups in total. The lowest BCUT2D eigenvalue weighted by Crippen LogP contribution is -2.45. The average molecular weight is 322 g/mol. The Hall–Kier alpha value is -0.910. The van der Waals surface area contributed by atoms with Gasteiger partial charge in [-0.25, -0.2) is 12.7 Å². The van der Waals surface area contributed by atoms with Crippen LogP contribution in [-0.4, -0.2) is 56.6 Å². The summed E-state index contributed by atoms with van der Waals surface area (Å²) in [5, 5.41) is 0.